The number of anilines is 1. The lowest BCUT2D eigenvalue weighted by Gasteiger charge is -2.19. The number of aromatic nitrogens is 3. The smallest absolute Gasteiger partial charge is 0.325 e. The Hall–Kier alpha value is -3.53. The number of nitrogens with one attached hydrogen (secondary N) is 2. The van der Waals surface area contributed by atoms with Gasteiger partial charge < -0.3 is 19.4 Å². The molecule has 1 aliphatic heterocycles. The molecule has 10 heteroatoms. The molecule has 0 fully saturated rings. The number of benzene rings is 2. The third-order valence-corrected chi connectivity index (χ3v) is 6.25. The molecule has 0 aliphatic carbocycles. The standard InChI is InChI=1S/C24H27N5O4S/c1-24(2,3)16-7-5-15(6-8-16)21-27-28-23(29(21)4)34-14-20(30)26-22(31)25-17-9-10-18-19(13-17)33-12-11-32-18/h5-10,13H,11-12,14H2,1-4H3,(H2,25,26,30,31). The zero-order valence-corrected chi connectivity index (χ0v) is 20.4. The fraction of sp³-hybridized carbons (Fsp3) is 0.333. The molecule has 0 bridgehead atoms. The minimum Gasteiger partial charge on any atom is -0.486 e. The molecule has 34 heavy (non-hydrogen) atoms. The molecule has 178 valence electrons. The molecule has 4 rings (SSSR count). The molecule has 0 saturated carbocycles. The molecule has 2 heterocycles. The monoisotopic (exact) mass is 481 g/mol. The van der Waals surface area contributed by atoms with E-state index in [1.165, 1.54) is 17.3 Å². The van der Waals surface area contributed by atoms with Crippen LogP contribution in [0.1, 0.15) is 26.3 Å². The second kappa shape index (κ2) is 9.76. The number of carbonyl (C=O) groups excluding carboxylic acids is 2. The number of nitrogens with zero attached hydrogens (tertiary/aromatic N) is 3. The van der Waals surface area contributed by atoms with Crippen LogP contribution in [0.2, 0.25) is 0 Å². The molecule has 0 atom stereocenters. The van der Waals surface area contributed by atoms with Gasteiger partial charge in [0.1, 0.15) is 13.2 Å². The van der Waals surface area contributed by atoms with Gasteiger partial charge in [-0.15, -0.1) is 10.2 Å². The Morgan fingerprint density at radius 1 is 1.03 bits per heavy atom. The van der Waals surface area contributed by atoms with E-state index < -0.39 is 11.9 Å². The van der Waals surface area contributed by atoms with Crippen LogP contribution in [0.4, 0.5) is 10.5 Å². The van der Waals surface area contributed by atoms with Crippen molar-refractivity contribution in [2.24, 2.45) is 7.05 Å². The first kappa shape index (κ1) is 23.6. The van der Waals surface area contributed by atoms with Crippen molar-refractivity contribution in [2.75, 3.05) is 24.3 Å². The largest absolute Gasteiger partial charge is 0.486 e. The highest BCUT2D eigenvalue weighted by atomic mass is 32.2. The van der Waals surface area contributed by atoms with Gasteiger partial charge in [-0.05, 0) is 23.1 Å². The molecule has 0 unspecified atom stereocenters. The Labute approximate surface area is 202 Å². The maximum Gasteiger partial charge on any atom is 0.325 e. The maximum absolute atomic E-state index is 12.3. The van der Waals surface area contributed by atoms with E-state index in [0.717, 1.165) is 5.56 Å². The van der Waals surface area contributed by atoms with Crippen LogP contribution in [0.3, 0.4) is 0 Å². The molecule has 0 radical (unpaired) electrons. The fourth-order valence-electron chi connectivity index (χ4n) is 3.39. The summed E-state index contributed by atoms with van der Waals surface area (Å²) < 4.78 is 12.8. The molecule has 0 spiro atoms. The molecule has 0 saturated heterocycles. The van der Waals surface area contributed by atoms with Gasteiger partial charge in [0.2, 0.25) is 5.91 Å². The van der Waals surface area contributed by atoms with E-state index in [4.69, 9.17) is 9.47 Å². The second-order valence-electron chi connectivity index (χ2n) is 8.84. The van der Waals surface area contributed by atoms with E-state index in [1.54, 1.807) is 18.2 Å². The van der Waals surface area contributed by atoms with Crippen molar-refractivity contribution >= 4 is 29.4 Å². The lowest BCUT2D eigenvalue weighted by molar-refractivity contribution is -0.117. The van der Waals surface area contributed by atoms with Gasteiger partial charge in [0.15, 0.2) is 22.5 Å². The summed E-state index contributed by atoms with van der Waals surface area (Å²) in [6.45, 7) is 7.44. The van der Waals surface area contributed by atoms with E-state index in [1.807, 2.05) is 23.7 Å². The van der Waals surface area contributed by atoms with Crippen LogP contribution in [0.15, 0.2) is 47.6 Å². The minimum atomic E-state index is -0.625. The van der Waals surface area contributed by atoms with Gasteiger partial charge in [0, 0.05) is 24.4 Å². The lowest BCUT2D eigenvalue weighted by Crippen LogP contribution is -2.35. The summed E-state index contributed by atoms with van der Waals surface area (Å²) in [7, 11) is 1.85. The first-order valence-electron chi connectivity index (χ1n) is 10.8. The number of thioether (sulfide) groups is 1. The quantitative estimate of drug-likeness (QED) is 0.531. The Morgan fingerprint density at radius 2 is 1.74 bits per heavy atom. The lowest BCUT2D eigenvalue weighted by atomic mass is 9.87. The van der Waals surface area contributed by atoms with Crippen molar-refractivity contribution in [3.05, 3.63) is 48.0 Å². The number of amides is 3. The number of imide groups is 1. The van der Waals surface area contributed by atoms with Gasteiger partial charge in [-0.25, -0.2) is 4.79 Å². The summed E-state index contributed by atoms with van der Waals surface area (Å²) in [4.78, 5) is 24.5. The minimum absolute atomic E-state index is 0.0174. The topological polar surface area (TPSA) is 107 Å². The van der Waals surface area contributed by atoms with Crippen LogP contribution in [0.25, 0.3) is 11.4 Å². The highest BCUT2D eigenvalue weighted by Crippen LogP contribution is 2.32. The first-order valence-corrected chi connectivity index (χ1v) is 11.8. The average Bonchev–Trinajstić information content (AvgIpc) is 3.17. The highest BCUT2D eigenvalue weighted by molar-refractivity contribution is 7.99. The number of fused-ring (bicyclic) bond motifs is 1. The third-order valence-electron chi connectivity index (χ3n) is 5.23. The molecule has 2 N–H and O–H groups in total. The summed E-state index contributed by atoms with van der Waals surface area (Å²) in [6.07, 6.45) is 0. The third kappa shape index (κ3) is 5.51. The van der Waals surface area contributed by atoms with Gasteiger partial charge in [0.25, 0.3) is 0 Å². The van der Waals surface area contributed by atoms with Gasteiger partial charge in [-0.2, -0.15) is 0 Å². The maximum atomic E-state index is 12.3. The van der Waals surface area contributed by atoms with Gasteiger partial charge in [0.05, 0.1) is 5.75 Å². The molecular weight excluding hydrogens is 454 g/mol. The van der Waals surface area contributed by atoms with E-state index >= 15 is 0 Å². The summed E-state index contributed by atoms with van der Waals surface area (Å²) in [5.74, 6) is 1.46. The van der Waals surface area contributed by atoms with Crippen molar-refractivity contribution in [3.8, 4) is 22.9 Å². The zero-order chi connectivity index (χ0) is 24.3. The van der Waals surface area contributed by atoms with E-state index in [9.17, 15) is 9.59 Å². The van der Waals surface area contributed by atoms with Crippen LogP contribution in [-0.2, 0) is 17.3 Å². The number of hydrogen-bond donors (Lipinski definition) is 2. The molecule has 2 aromatic carbocycles. The predicted molar refractivity (Wildman–Crippen MR) is 130 cm³/mol. The van der Waals surface area contributed by atoms with Crippen LogP contribution >= 0.6 is 11.8 Å². The van der Waals surface area contributed by atoms with Crippen LogP contribution in [0.5, 0.6) is 11.5 Å². The summed E-state index contributed by atoms with van der Waals surface area (Å²) in [6, 6.07) is 12.6. The Balaban J connectivity index is 1.31. The van der Waals surface area contributed by atoms with Crippen molar-refractivity contribution in [1.29, 1.82) is 0 Å². The zero-order valence-electron chi connectivity index (χ0n) is 19.5. The van der Waals surface area contributed by atoms with Crippen molar-refractivity contribution in [1.82, 2.24) is 20.1 Å². The average molecular weight is 482 g/mol. The van der Waals surface area contributed by atoms with Crippen molar-refractivity contribution in [2.45, 2.75) is 31.3 Å². The number of rotatable bonds is 5. The van der Waals surface area contributed by atoms with Crippen LogP contribution in [0, 0.1) is 0 Å². The number of ether oxygens (including phenoxy) is 2. The summed E-state index contributed by atoms with van der Waals surface area (Å²) >= 11 is 1.21. The van der Waals surface area contributed by atoms with Gasteiger partial charge >= 0.3 is 6.03 Å². The normalized spacial score (nSPS) is 12.8. The van der Waals surface area contributed by atoms with E-state index in [-0.39, 0.29) is 11.2 Å². The fourth-order valence-corrected chi connectivity index (χ4v) is 4.10. The van der Waals surface area contributed by atoms with Gasteiger partial charge in [-0.1, -0.05) is 56.8 Å². The van der Waals surface area contributed by atoms with Gasteiger partial charge in [-0.3, -0.25) is 10.1 Å². The Kier molecular flexibility index (Phi) is 6.78. The van der Waals surface area contributed by atoms with Crippen LogP contribution < -0.4 is 20.1 Å². The molecular formula is C24H27N5O4S. The first-order chi connectivity index (χ1) is 16.2. The SMILES string of the molecule is Cn1c(SCC(=O)NC(=O)Nc2ccc3c(c2)OCCO3)nnc1-c1ccc(C(C)(C)C)cc1. The van der Waals surface area contributed by atoms with E-state index in [2.05, 4.69) is 53.7 Å². The van der Waals surface area contributed by atoms with Crippen molar-refractivity contribution in [3.63, 3.8) is 0 Å². The Bertz CT molecular complexity index is 1200. The molecule has 1 aromatic heterocycles. The van der Waals surface area contributed by atoms with Crippen molar-refractivity contribution < 1.29 is 19.1 Å². The summed E-state index contributed by atoms with van der Waals surface area (Å²) in [5, 5.41) is 14.0. The number of hydrogen-bond acceptors (Lipinski definition) is 7. The molecule has 3 aromatic rings. The number of urea groups is 1. The molecule has 1 aliphatic rings. The molecule has 3 amide bonds. The molecule has 9 nitrogen and oxygen atoms in total. The highest BCUT2D eigenvalue weighted by Gasteiger charge is 2.17. The predicted octanol–water partition coefficient (Wildman–Crippen LogP) is 3.99. The van der Waals surface area contributed by atoms with E-state index in [0.29, 0.717) is 41.4 Å². The summed E-state index contributed by atoms with van der Waals surface area (Å²) in [5.41, 5.74) is 2.75. The number of carbonyl (C=O) groups is 2. The Morgan fingerprint density at radius 3 is 2.44 bits per heavy atom. The second-order valence-corrected chi connectivity index (χ2v) is 9.78. The van der Waals surface area contributed by atoms with Crippen LogP contribution in [-0.4, -0.2) is 45.7 Å².